The van der Waals surface area contributed by atoms with Crippen LogP contribution in [0.1, 0.15) is 23.1 Å². The van der Waals surface area contributed by atoms with Crippen molar-refractivity contribution in [3.05, 3.63) is 63.1 Å². The van der Waals surface area contributed by atoms with Crippen LogP contribution in [0.25, 0.3) is 0 Å². The van der Waals surface area contributed by atoms with E-state index in [1.165, 1.54) is 5.56 Å². The Morgan fingerprint density at radius 3 is 2.48 bits per heavy atom. The van der Waals surface area contributed by atoms with Crippen molar-refractivity contribution < 1.29 is 4.79 Å². The van der Waals surface area contributed by atoms with Gasteiger partial charge in [0.05, 0.1) is 0 Å². The van der Waals surface area contributed by atoms with E-state index in [2.05, 4.69) is 5.32 Å². The van der Waals surface area contributed by atoms with Crippen LogP contribution in [0.3, 0.4) is 0 Å². The summed E-state index contributed by atoms with van der Waals surface area (Å²) in [5.74, 6) is -0.0238. The maximum absolute atomic E-state index is 12.0. The zero-order valence-electron chi connectivity index (χ0n) is 12.0. The summed E-state index contributed by atoms with van der Waals surface area (Å²) in [7, 11) is 0. The van der Waals surface area contributed by atoms with Gasteiger partial charge in [-0.25, -0.2) is 0 Å². The predicted octanol–water partition coefficient (Wildman–Crippen LogP) is 5.18. The SMILES string of the molecule is Cc1ccc(NC(=O)CCc2ccc(Cl)cc2Cl)cc1C. The van der Waals surface area contributed by atoms with Crippen LogP contribution in [0.2, 0.25) is 10.0 Å². The Morgan fingerprint density at radius 1 is 1.05 bits per heavy atom. The Bertz CT molecular complexity index is 668. The quantitative estimate of drug-likeness (QED) is 0.825. The lowest BCUT2D eigenvalue weighted by Gasteiger charge is -2.08. The Kier molecular flexibility index (Phi) is 5.27. The number of carbonyl (C=O) groups excluding carboxylic acids is 1. The van der Waals surface area contributed by atoms with Crippen LogP contribution in [0, 0.1) is 13.8 Å². The van der Waals surface area contributed by atoms with Crippen molar-refractivity contribution in [1.29, 1.82) is 0 Å². The second-order valence-electron chi connectivity index (χ2n) is 5.08. The Morgan fingerprint density at radius 2 is 1.81 bits per heavy atom. The molecule has 1 N–H and O–H groups in total. The van der Waals surface area contributed by atoms with Crippen molar-refractivity contribution in [2.45, 2.75) is 26.7 Å². The van der Waals surface area contributed by atoms with E-state index >= 15 is 0 Å². The van der Waals surface area contributed by atoms with E-state index in [0.29, 0.717) is 22.9 Å². The van der Waals surface area contributed by atoms with E-state index in [0.717, 1.165) is 16.8 Å². The highest BCUT2D eigenvalue weighted by Crippen LogP contribution is 2.22. The molecule has 0 fully saturated rings. The average molecular weight is 322 g/mol. The molecule has 0 radical (unpaired) electrons. The number of benzene rings is 2. The first kappa shape index (κ1) is 15.9. The van der Waals surface area contributed by atoms with Crippen LogP contribution >= 0.6 is 23.2 Å². The summed E-state index contributed by atoms with van der Waals surface area (Å²) >= 11 is 11.9. The summed E-state index contributed by atoms with van der Waals surface area (Å²) in [5.41, 5.74) is 4.12. The number of hydrogen-bond acceptors (Lipinski definition) is 1. The summed E-state index contributed by atoms with van der Waals surface area (Å²) < 4.78 is 0. The predicted molar refractivity (Wildman–Crippen MR) is 89.3 cm³/mol. The second kappa shape index (κ2) is 6.97. The Balaban J connectivity index is 1.94. The maximum atomic E-state index is 12.0. The minimum Gasteiger partial charge on any atom is -0.326 e. The molecule has 0 aromatic heterocycles. The summed E-state index contributed by atoms with van der Waals surface area (Å²) in [5, 5.41) is 4.10. The smallest absolute Gasteiger partial charge is 0.224 e. The number of carbonyl (C=O) groups is 1. The van der Waals surface area contributed by atoms with Gasteiger partial charge in [0.1, 0.15) is 0 Å². The highest BCUT2D eigenvalue weighted by molar-refractivity contribution is 6.35. The standard InChI is InChI=1S/C17H17Cl2NO/c1-11-3-7-15(9-12(11)2)20-17(21)8-5-13-4-6-14(18)10-16(13)19/h3-4,6-7,9-10H,5,8H2,1-2H3,(H,20,21). The van der Waals surface area contributed by atoms with E-state index in [1.807, 2.05) is 38.1 Å². The second-order valence-corrected chi connectivity index (χ2v) is 5.93. The molecule has 1 amide bonds. The van der Waals surface area contributed by atoms with Gasteiger partial charge in [0, 0.05) is 22.2 Å². The molecule has 0 saturated carbocycles. The molecule has 0 heterocycles. The molecule has 0 aliphatic heterocycles. The van der Waals surface area contributed by atoms with Crippen molar-refractivity contribution in [1.82, 2.24) is 0 Å². The monoisotopic (exact) mass is 321 g/mol. The summed E-state index contributed by atoms with van der Waals surface area (Å²) in [6.07, 6.45) is 0.973. The lowest BCUT2D eigenvalue weighted by molar-refractivity contribution is -0.116. The first-order valence-corrected chi connectivity index (χ1v) is 7.52. The number of aryl methyl sites for hydroxylation is 3. The zero-order valence-corrected chi connectivity index (χ0v) is 13.6. The lowest BCUT2D eigenvalue weighted by Crippen LogP contribution is -2.12. The van der Waals surface area contributed by atoms with Gasteiger partial charge in [-0.15, -0.1) is 0 Å². The number of hydrogen-bond donors (Lipinski definition) is 1. The summed E-state index contributed by atoms with van der Waals surface area (Å²) in [4.78, 5) is 12.0. The molecule has 2 aromatic rings. The fourth-order valence-corrected chi connectivity index (χ4v) is 2.52. The maximum Gasteiger partial charge on any atom is 0.224 e. The molecule has 2 nitrogen and oxygen atoms in total. The molecule has 21 heavy (non-hydrogen) atoms. The van der Waals surface area contributed by atoms with E-state index in [-0.39, 0.29) is 5.91 Å². The number of anilines is 1. The van der Waals surface area contributed by atoms with Crippen molar-refractivity contribution in [2.24, 2.45) is 0 Å². The molecule has 0 saturated heterocycles. The Hall–Kier alpha value is -1.51. The molecule has 0 bridgehead atoms. The van der Waals surface area contributed by atoms with Gasteiger partial charge in [0.2, 0.25) is 5.91 Å². The van der Waals surface area contributed by atoms with Crippen LogP contribution in [-0.4, -0.2) is 5.91 Å². The van der Waals surface area contributed by atoms with Crippen molar-refractivity contribution >= 4 is 34.8 Å². The molecule has 0 aliphatic carbocycles. The number of halogens is 2. The van der Waals surface area contributed by atoms with E-state index in [4.69, 9.17) is 23.2 Å². The fraction of sp³-hybridized carbons (Fsp3) is 0.235. The van der Waals surface area contributed by atoms with Crippen LogP contribution in [-0.2, 0) is 11.2 Å². The average Bonchev–Trinajstić information content (AvgIpc) is 2.42. The molecule has 4 heteroatoms. The van der Waals surface area contributed by atoms with Crippen LogP contribution in [0.5, 0.6) is 0 Å². The first-order valence-electron chi connectivity index (χ1n) is 6.77. The van der Waals surface area contributed by atoms with Gasteiger partial charge in [0.15, 0.2) is 0 Å². The fourth-order valence-electron chi connectivity index (χ4n) is 2.02. The molecule has 0 unspecified atom stereocenters. The topological polar surface area (TPSA) is 29.1 Å². The third-order valence-corrected chi connectivity index (χ3v) is 4.01. The molecule has 0 aliphatic rings. The van der Waals surface area contributed by atoms with E-state index < -0.39 is 0 Å². The molecule has 0 atom stereocenters. The number of nitrogens with one attached hydrogen (secondary N) is 1. The van der Waals surface area contributed by atoms with Crippen LogP contribution < -0.4 is 5.32 Å². The van der Waals surface area contributed by atoms with Crippen LogP contribution in [0.15, 0.2) is 36.4 Å². The Labute approximate surface area is 135 Å². The highest BCUT2D eigenvalue weighted by Gasteiger charge is 2.07. The van der Waals surface area contributed by atoms with Gasteiger partial charge in [-0.2, -0.15) is 0 Å². The number of amides is 1. The first-order chi connectivity index (χ1) is 9.95. The van der Waals surface area contributed by atoms with Crippen molar-refractivity contribution in [3.63, 3.8) is 0 Å². The van der Waals surface area contributed by atoms with Crippen LogP contribution in [0.4, 0.5) is 5.69 Å². The van der Waals surface area contributed by atoms with Gasteiger partial charge in [0.25, 0.3) is 0 Å². The molecule has 110 valence electrons. The van der Waals surface area contributed by atoms with Crippen molar-refractivity contribution in [3.8, 4) is 0 Å². The minimum absolute atomic E-state index is 0.0238. The molecular formula is C17H17Cl2NO. The third kappa shape index (κ3) is 4.48. The molecule has 0 spiro atoms. The van der Waals surface area contributed by atoms with Crippen molar-refractivity contribution in [2.75, 3.05) is 5.32 Å². The molecule has 2 rings (SSSR count). The van der Waals surface area contributed by atoms with Gasteiger partial charge >= 0.3 is 0 Å². The lowest BCUT2D eigenvalue weighted by atomic mass is 10.1. The van der Waals surface area contributed by atoms with E-state index in [9.17, 15) is 4.79 Å². The van der Waals surface area contributed by atoms with Gasteiger partial charge in [-0.05, 0) is 61.2 Å². The van der Waals surface area contributed by atoms with Gasteiger partial charge in [-0.3, -0.25) is 4.79 Å². The normalized spacial score (nSPS) is 10.5. The third-order valence-electron chi connectivity index (χ3n) is 3.43. The van der Waals surface area contributed by atoms with E-state index in [1.54, 1.807) is 12.1 Å². The minimum atomic E-state index is -0.0238. The van der Waals surface area contributed by atoms with Gasteiger partial charge < -0.3 is 5.32 Å². The molecule has 2 aromatic carbocycles. The zero-order chi connectivity index (χ0) is 15.4. The summed E-state index contributed by atoms with van der Waals surface area (Å²) in [6.45, 7) is 4.07. The largest absolute Gasteiger partial charge is 0.326 e. The number of rotatable bonds is 4. The van der Waals surface area contributed by atoms with Gasteiger partial charge in [-0.1, -0.05) is 35.3 Å². The highest BCUT2D eigenvalue weighted by atomic mass is 35.5. The summed E-state index contributed by atoms with van der Waals surface area (Å²) in [6, 6.07) is 11.2. The molecular weight excluding hydrogens is 305 g/mol.